The molecule has 0 radical (unpaired) electrons. The molecule has 0 fully saturated rings. The molecule has 0 saturated carbocycles. The van der Waals surface area contributed by atoms with Crippen LogP contribution in [0.3, 0.4) is 0 Å². The van der Waals surface area contributed by atoms with Crippen molar-refractivity contribution in [3.8, 4) is 17.0 Å². The topological polar surface area (TPSA) is 99.0 Å². The highest BCUT2D eigenvalue weighted by Crippen LogP contribution is 2.31. The van der Waals surface area contributed by atoms with Gasteiger partial charge in [-0.15, -0.1) is 16.4 Å². The van der Waals surface area contributed by atoms with E-state index in [-0.39, 0.29) is 18.0 Å². The predicted octanol–water partition coefficient (Wildman–Crippen LogP) is 3.98. The average molecular weight is 428 g/mol. The van der Waals surface area contributed by atoms with Crippen LogP contribution in [-0.4, -0.2) is 38.3 Å². The van der Waals surface area contributed by atoms with Gasteiger partial charge in [0.15, 0.2) is 16.6 Å². The van der Waals surface area contributed by atoms with Crippen molar-refractivity contribution in [2.24, 2.45) is 5.41 Å². The molecule has 1 N–H and O–H groups in total. The Balaban J connectivity index is 1.69. The van der Waals surface area contributed by atoms with Crippen molar-refractivity contribution in [3.63, 3.8) is 0 Å². The maximum Gasteiger partial charge on any atom is 0.279 e. The number of anilines is 1. The second kappa shape index (κ2) is 8.74. The first-order chi connectivity index (χ1) is 14.2. The standard InChI is InChI=1S/C21H25N5O3S/c1-6-29-15-9-7-14(8-10-15)18-13(2)30-20(22-18)23-19(28)16-11-26(25-24-16)12-17(27)21(3,4)5/h7-11H,6,12H2,1-5H3,(H,22,23,28). The molecule has 0 aliphatic rings. The fourth-order valence-electron chi connectivity index (χ4n) is 2.62. The average Bonchev–Trinajstić information content (AvgIpc) is 3.28. The molecule has 0 aliphatic heterocycles. The van der Waals surface area contributed by atoms with E-state index in [9.17, 15) is 9.59 Å². The Labute approximate surface area is 179 Å². The molecule has 8 nitrogen and oxygen atoms in total. The van der Waals surface area contributed by atoms with E-state index in [1.54, 1.807) is 0 Å². The zero-order valence-corrected chi connectivity index (χ0v) is 18.5. The summed E-state index contributed by atoms with van der Waals surface area (Å²) in [5, 5.41) is 11.0. The lowest BCUT2D eigenvalue weighted by Gasteiger charge is -2.15. The third kappa shape index (κ3) is 5.10. The summed E-state index contributed by atoms with van der Waals surface area (Å²) >= 11 is 1.38. The largest absolute Gasteiger partial charge is 0.494 e. The minimum Gasteiger partial charge on any atom is -0.494 e. The molecule has 30 heavy (non-hydrogen) atoms. The van der Waals surface area contributed by atoms with Crippen molar-refractivity contribution in [3.05, 3.63) is 41.0 Å². The third-order valence-corrected chi connectivity index (χ3v) is 5.26. The van der Waals surface area contributed by atoms with Crippen molar-refractivity contribution in [1.82, 2.24) is 20.0 Å². The van der Waals surface area contributed by atoms with Crippen LogP contribution in [0.4, 0.5) is 5.13 Å². The number of benzene rings is 1. The van der Waals surface area contributed by atoms with E-state index in [0.717, 1.165) is 21.9 Å². The number of nitrogens with zero attached hydrogens (tertiary/aromatic N) is 4. The van der Waals surface area contributed by atoms with Gasteiger partial charge in [-0.25, -0.2) is 9.67 Å². The number of ketones is 1. The van der Waals surface area contributed by atoms with Crippen molar-refractivity contribution < 1.29 is 14.3 Å². The van der Waals surface area contributed by atoms with Crippen molar-refractivity contribution in [2.75, 3.05) is 11.9 Å². The molecule has 2 aromatic heterocycles. The Morgan fingerprint density at radius 3 is 2.53 bits per heavy atom. The van der Waals surface area contributed by atoms with Gasteiger partial charge in [0.25, 0.3) is 5.91 Å². The zero-order valence-electron chi connectivity index (χ0n) is 17.7. The van der Waals surface area contributed by atoms with Crippen LogP contribution in [0.5, 0.6) is 5.75 Å². The number of Topliss-reactive ketones (excluding diaryl/α,β-unsaturated/α-hetero) is 1. The lowest BCUT2D eigenvalue weighted by atomic mass is 9.91. The fraction of sp³-hybridized carbons (Fsp3) is 0.381. The molecule has 3 rings (SSSR count). The number of aromatic nitrogens is 4. The molecule has 0 atom stereocenters. The Kier molecular flexibility index (Phi) is 6.31. The molecule has 1 amide bonds. The fourth-order valence-corrected chi connectivity index (χ4v) is 3.45. The third-order valence-electron chi connectivity index (χ3n) is 4.37. The van der Waals surface area contributed by atoms with E-state index in [1.807, 2.05) is 58.9 Å². The van der Waals surface area contributed by atoms with Crippen LogP contribution in [0.2, 0.25) is 0 Å². The van der Waals surface area contributed by atoms with Crippen LogP contribution in [0.25, 0.3) is 11.3 Å². The van der Waals surface area contributed by atoms with Gasteiger partial charge in [0, 0.05) is 15.9 Å². The molecule has 0 saturated heterocycles. The summed E-state index contributed by atoms with van der Waals surface area (Å²) in [6.07, 6.45) is 1.47. The number of rotatable bonds is 7. The lowest BCUT2D eigenvalue weighted by molar-refractivity contribution is -0.127. The monoisotopic (exact) mass is 427 g/mol. The van der Waals surface area contributed by atoms with E-state index in [1.165, 1.54) is 22.2 Å². The molecule has 0 aliphatic carbocycles. The molecule has 0 spiro atoms. The van der Waals surface area contributed by atoms with E-state index in [2.05, 4.69) is 20.6 Å². The molecular formula is C21H25N5O3S. The summed E-state index contributed by atoms with van der Waals surface area (Å²) in [5.41, 5.74) is 1.40. The molecule has 158 valence electrons. The number of carbonyl (C=O) groups is 2. The predicted molar refractivity (Wildman–Crippen MR) is 116 cm³/mol. The first-order valence-electron chi connectivity index (χ1n) is 9.63. The quantitative estimate of drug-likeness (QED) is 0.612. The molecule has 0 unspecified atom stereocenters. The number of nitrogens with one attached hydrogen (secondary N) is 1. The first kappa shape index (κ1) is 21.6. The SMILES string of the molecule is CCOc1ccc(-c2nc(NC(=O)c3cn(CC(=O)C(C)(C)C)nn3)sc2C)cc1. The summed E-state index contributed by atoms with van der Waals surface area (Å²) in [5.74, 6) is 0.391. The van der Waals surface area contributed by atoms with Crippen LogP contribution >= 0.6 is 11.3 Å². The highest BCUT2D eigenvalue weighted by Gasteiger charge is 2.23. The van der Waals surface area contributed by atoms with Gasteiger partial charge in [-0.1, -0.05) is 26.0 Å². The number of amides is 1. The number of ether oxygens (including phenoxy) is 1. The van der Waals surface area contributed by atoms with E-state index in [0.29, 0.717) is 11.7 Å². The minimum absolute atomic E-state index is 0.00917. The number of carbonyl (C=O) groups excluding carboxylic acids is 2. The van der Waals surface area contributed by atoms with Gasteiger partial charge in [0.05, 0.1) is 18.5 Å². The number of hydrogen-bond donors (Lipinski definition) is 1. The van der Waals surface area contributed by atoms with Gasteiger partial charge in [0.2, 0.25) is 0 Å². The van der Waals surface area contributed by atoms with Crippen LogP contribution in [0.1, 0.15) is 43.1 Å². The maximum absolute atomic E-state index is 12.5. The van der Waals surface area contributed by atoms with Crippen molar-refractivity contribution in [2.45, 2.75) is 41.2 Å². The van der Waals surface area contributed by atoms with Gasteiger partial charge in [0.1, 0.15) is 12.3 Å². The Bertz CT molecular complexity index is 1050. The molecule has 2 heterocycles. The zero-order chi connectivity index (χ0) is 21.9. The van der Waals surface area contributed by atoms with Gasteiger partial charge < -0.3 is 4.74 Å². The second-order valence-electron chi connectivity index (χ2n) is 7.81. The molecule has 0 bridgehead atoms. The Morgan fingerprint density at radius 1 is 1.20 bits per heavy atom. The van der Waals surface area contributed by atoms with Crippen LogP contribution < -0.4 is 10.1 Å². The normalized spacial score (nSPS) is 11.4. The molecule has 3 aromatic rings. The maximum atomic E-state index is 12.5. The number of aryl methyl sites for hydroxylation is 1. The van der Waals surface area contributed by atoms with E-state index < -0.39 is 11.3 Å². The number of hydrogen-bond acceptors (Lipinski definition) is 7. The first-order valence-corrected chi connectivity index (χ1v) is 10.4. The van der Waals surface area contributed by atoms with Gasteiger partial charge in [-0.05, 0) is 38.1 Å². The Morgan fingerprint density at radius 2 is 1.90 bits per heavy atom. The van der Waals surface area contributed by atoms with E-state index >= 15 is 0 Å². The van der Waals surface area contributed by atoms with Crippen molar-refractivity contribution in [1.29, 1.82) is 0 Å². The van der Waals surface area contributed by atoms with Crippen molar-refractivity contribution >= 4 is 28.2 Å². The highest BCUT2D eigenvalue weighted by molar-refractivity contribution is 7.16. The smallest absolute Gasteiger partial charge is 0.279 e. The van der Waals surface area contributed by atoms with Gasteiger partial charge in [-0.2, -0.15) is 0 Å². The summed E-state index contributed by atoms with van der Waals surface area (Å²) in [6.45, 7) is 10.1. The lowest BCUT2D eigenvalue weighted by Crippen LogP contribution is -2.25. The summed E-state index contributed by atoms with van der Waals surface area (Å²) in [7, 11) is 0. The van der Waals surface area contributed by atoms with Crippen LogP contribution in [-0.2, 0) is 11.3 Å². The van der Waals surface area contributed by atoms with Gasteiger partial charge in [-0.3, -0.25) is 14.9 Å². The summed E-state index contributed by atoms with van der Waals surface area (Å²) < 4.78 is 6.84. The number of thiazole rings is 1. The van der Waals surface area contributed by atoms with Crippen LogP contribution in [0.15, 0.2) is 30.5 Å². The molecule has 9 heteroatoms. The Hall–Kier alpha value is -3.07. The van der Waals surface area contributed by atoms with E-state index in [4.69, 9.17) is 4.74 Å². The minimum atomic E-state index is -0.482. The van der Waals surface area contributed by atoms with Crippen LogP contribution in [0, 0.1) is 12.3 Å². The molecular weight excluding hydrogens is 402 g/mol. The highest BCUT2D eigenvalue weighted by atomic mass is 32.1. The summed E-state index contributed by atoms with van der Waals surface area (Å²) in [6, 6.07) is 7.67. The van der Waals surface area contributed by atoms with Gasteiger partial charge >= 0.3 is 0 Å². The second-order valence-corrected chi connectivity index (χ2v) is 9.01. The summed E-state index contributed by atoms with van der Waals surface area (Å²) in [4.78, 5) is 30.2. The molecule has 1 aromatic carbocycles.